The first-order valence-corrected chi connectivity index (χ1v) is 6.22. The van der Waals surface area contributed by atoms with Gasteiger partial charge >= 0.3 is 0 Å². The van der Waals surface area contributed by atoms with E-state index in [2.05, 4.69) is 19.2 Å². The largest absolute Gasteiger partial charge is 0.310 e. The lowest BCUT2D eigenvalue weighted by molar-refractivity contribution is 0.462. The summed E-state index contributed by atoms with van der Waals surface area (Å²) >= 11 is 5.62. The van der Waals surface area contributed by atoms with E-state index in [0.29, 0.717) is 12.6 Å². The molecule has 1 unspecified atom stereocenters. The van der Waals surface area contributed by atoms with Gasteiger partial charge in [0.15, 0.2) is 0 Å². The molecule has 0 spiro atoms. The standard InChI is InChI=1S/C13H19ClFN/c1-3-5-11(4-2)16-9-10-6-7-12(14)13(15)8-10/h6-8,11,16H,3-5,9H2,1-2H3. The van der Waals surface area contributed by atoms with E-state index < -0.39 is 0 Å². The Bertz CT molecular complexity index is 328. The Morgan fingerprint density at radius 1 is 1.38 bits per heavy atom. The fraction of sp³-hybridized carbons (Fsp3) is 0.538. The molecule has 0 aromatic heterocycles. The summed E-state index contributed by atoms with van der Waals surface area (Å²) in [5.74, 6) is -0.343. The van der Waals surface area contributed by atoms with E-state index in [1.54, 1.807) is 6.07 Å². The van der Waals surface area contributed by atoms with Crippen LogP contribution in [0.3, 0.4) is 0 Å². The van der Waals surface area contributed by atoms with Gasteiger partial charge in [0.2, 0.25) is 0 Å². The van der Waals surface area contributed by atoms with Crippen LogP contribution in [-0.2, 0) is 6.54 Å². The molecule has 0 fully saturated rings. The summed E-state index contributed by atoms with van der Waals surface area (Å²) < 4.78 is 13.2. The summed E-state index contributed by atoms with van der Waals surface area (Å²) in [6.45, 7) is 5.04. The van der Waals surface area contributed by atoms with Crippen molar-refractivity contribution in [2.24, 2.45) is 0 Å². The molecule has 1 nitrogen and oxygen atoms in total. The molecular weight excluding hydrogens is 225 g/mol. The zero-order chi connectivity index (χ0) is 12.0. The topological polar surface area (TPSA) is 12.0 Å². The van der Waals surface area contributed by atoms with Gasteiger partial charge in [-0.3, -0.25) is 0 Å². The Morgan fingerprint density at radius 3 is 2.69 bits per heavy atom. The molecule has 1 atom stereocenters. The van der Waals surface area contributed by atoms with E-state index in [-0.39, 0.29) is 10.8 Å². The minimum absolute atomic E-state index is 0.185. The number of hydrogen-bond acceptors (Lipinski definition) is 1. The highest BCUT2D eigenvalue weighted by atomic mass is 35.5. The number of benzene rings is 1. The van der Waals surface area contributed by atoms with Crippen molar-refractivity contribution in [2.75, 3.05) is 0 Å². The van der Waals surface area contributed by atoms with Gasteiger partial charge in [-0.05, 0) is 30.5 Å². The first-order chi connectivity index (χ1) is 7.67. The van der Waals surface area contributed by atoms with E-state index >= 15 is 0 Å². The molecule has 1 aromatic carbocycles. The van der Waals surface area contributed by atoms with Crippen molar-refractivity contribution in [3.05, 3.63) is 34.6 Å². The van der Waals surface area contributed by atoms with Gasteiger partial charge in [0.25, 0.3) is 0 Å². The second-order valence-corrected chi connectivity index (χ2v) is 4.43. The molecule has 0 saturated carbocycles. The molecule has 0 aliphatic rings. The third kappa shape index (κ3) is 4.11. The lowest BCUT2D eigenvalue weighted by Gasteiger charge is -2.16. The van der Waals surface area contributed by atoms with Crippen LogP contribution in [0, 0.1) is 5.82 Å². The van der Waals surface area contributed by atoms with Crippen LogP contribution in [0.4, 0.5) is 4.39 Å². The summed E-state index contributed by atoms with van der Waals surface area (Å²) in [7, 11) is 0. The number of nitrogens with one attached hydrogen (secondary N) is 1. The van der Waals surface area contributed by atoms with Gasteiger partial charge in [0.05, 0.1) is 5.02 Å². The quantitative estimate of drug-likeness (QED) is 0.792. The van der Waals surface area contributed by atoms with Crippen LogP contribution in [-0.4, -0.2) is 6.04 Å². The predicted octanol–water partition coefficient (Wildman–Crippen LogP) is 4.15. The molecule has 90 valence electrons. The van der Waals surface area contributed by atoms with Crippen molar-refractivity contribution in [1.29, 1.82) is 0 Å². The van der Waals surface area contributed by atoms with Crippen molar-refractivity contribution in [3.8, 4) is 0 Å². The van der Waals surface area contributed by atoms with Crippen molar-refractivity contribution in [1.82, 2.24) is 5.32 Å². The molecule has 0 aliphatic carbocycles. The molecule has 0 radical (unpaired) electrons. The van der Waals surface area contributed by atoms with E-state index in [9.17, 15) is 4.39 Å². The molecule has 3 heteroatoms. The minimum atomic E-state index is -0.343. The molecule has 0 heterocycles. The Labute approximate surface area is 102 Å². The molecule has 0 amide bonds. The van der Waals surface area contributed by atoms with Gasteiger partial charge in [0.1, 0.15) is 5.82 Å². The molecule has 16 heavy (non-hydrogen) atoms. The maximum Gasteiger partial charge on any atom is 0.142 e. The molecule has 0 aliphatic heterocycles. The zero-order valence-electron chi connectivity index (χ0n) is 9.89. The predicted molar refractivity (Wildman–Crippen MR) is 67.2 cm³/mol. The molecule has 1 rings (SSSR count). The summed E-state index contributed by atoms with van der Waals surface area (Å²) in [5, 5.41) is 3.61. The van der Waals surface area contributed by atoms with Crippen LogP contribution >= 0.6 is 11.6 Å². The number of hydrogen-bond donors (Lipinski definition) is 1. The second-order valence-electron chi connectivity index (χ2n) is 4.02. The molecule has 0 saturated heterocycles. The molecule has 1 N–H and O–H groups in total. The Morgan fingerprint density at radius 2 is 2.12 bits per heavy atom. The first kappa shape index (κ1) is 13.5. The van der Waals surface area contributed by atoms with Gasteiger partial charge < -0.3 is 5.32 Å². The molecular formula is C13H19ClFN. The van der Waals surface area contributed by atoms with Crippen molar-refractivity contribution in [3.63, 3.8) is 0 Å². The summed E-state index contributed by atoms with van der Waals surface area (Å²) in [5.41, 5.74) is 0.941. The maximum absolute atomic E-state index is 13.2. The van der Waals surface area contributed by atoms with Crippen molar-refractivity contribution >= 4 is 11.6 Å². The third-order valence-electron chi connectivity index (χ3n) is 2.71. The smallest absolute Gasteiger partial charge is 0.142 e. The number of rotatable bonds is 6. The first-order valence-electron chi connectivity index (χ1n) is 5.84. The highest BCUT2D eigenvalue weighted by Gasteiger charge is 2.05. The lowest BCUT2D eigenvalue weighted by atomic mass is 10.1. The van der Waals surface area contributed by atoms with Crippen LogP contribution in [0.15, 0.2) is 18.2 Å². The summed E-state index contributed by atoms with van der Waals surface area (Å²) in [6, 6.07) is 5.48. The Hall–Kier alpha value is -0.600. The van der Waals surface area contributed by atoms with E-state index in [1.807, 2.05) is 6.07 Å². The van der Waals surface area contributed by atoms with Gasteiger partial charge in [0, 0.05) is 12.6 Å². The van der Waals surface area contributed by atoms with E-state index in [4.69, 9.17) is 11.6 Å². The van der Waals surface area contributed by atoms with E-state index in [1.165, 1.54) is 12.5 Å². The van der Waals surface area contributed by atoms with Gasteiger partial charge in [-0.25, -0.2) is 4.39 Å². The fourth-order valence-corrected chi connectivity index (χ4v) is 1.83. The lowest BCUT2D eigenvalue weighted by Crippen LogP contribution is -2.27. The molecule has 0 bridgehead atoms. The monoisotopic (exact) mass is 243 g/mol. The van der Waals surface area contributed by atoms with Crippen LogP contribution in [0.5, 0.6) is 0 Å². The highest BCUT2D eigenvalue weighted by Crippen LogP contribution is 2.15. The highest BCUT2D eigenvalue weighted by molar-refractivity contribution is 6.30. The SMILES string of the molecule is CCCC(CC)NCc1ccc(Cl)c(F)c1. The third-order valence-corrected chi connectivity index (χ3v) is 3.02. The summed E-state index contributed by atoms with van der Waals surface area (Å²) in [4.78, 5) is 0. The van der Waals surface area contributed by atoms with Crippen LogP contribution in [0.1, 0.15) is 38.7 Å². The van der Waals surface area contributed by atoms with Gasteiger partial charge in [-0.1, -0.05) is 37.9 Å². The van der Waals surface area contributed by atoms with Crippen LogP contribution in [0.25, 0.3) is 0 Å². The van der Waals surface area contributed by atoms with Gasteiger partial charge in [-0.15, -0.1) is 0 Å². The maximum atomic E-state index is 13.2. The Kier molecular flexibility index (Phi) is 5.78. The van der Waals surface area contributed by atoms with Crippen molar-refractivity contribution in [2.45, 2.75) is 45.7 Å². The summed E-state index contributed by atoms with van der Waals surface area (Å²) in [6.07, 6.45) is 3.43. The number of halogens is 2. The van der Waals surface area contributed by atoms with Crippen LogP contribution in [0.2, 0.25) is 5.02 Å². The average Bonchev–Trinajstić information content (AvgIpc) is 2.28. The van der Waals surface area contributed by atoms with Gasteiger partial charge in [-0.2, -0.15) is 0 Å². The normalized spacial score (nSPS) is 12.8. The molecule has 1 aromatic rings. The average molecular weight is 244 g/mol. The Balaban J connectivity index is 2.50. The van der Waals surface area contributed by atoms with Crippen LogP contribution < -0.4 is 5.32 Å². The minimum Gasteiger partial charge on any atom is -0.310 e. The van der Waals surface area contributed by atoms with Crippen molar-refractivity contribution < 1.29 is 4.39 Å². The van der Waals surface area contributed by atoms with E-state index in [0.717, 1.165) is 18.4 Å². The fourth-order valence-electron chi connectivity index (χ4n) is 1.71. The zero-order valence-corrected chi connectivity index (χ0v) is 10.6. The second kappa shape index (κ2) is 6.87.